The Bertz CT molecular complexity index is 245. The van der Waals surface area contributed by atoms with Gasteiger partial charge in [-0.25, -0.2) is 0 Å². The molecule has 0 aromatic carbocycles. The van der Waals surface area contributed by atoms with Crippen molar-refractivity contribution in [3.8, 4) is 0 Å². The van der Waals surface area contributed by atoms with E-state index in [0.29, 0.717) is 6.61 Å². The lowest BCUT2D eigenvalue weighted by Crippen LogP contribution is -1.91. The summed E-state index contributed by atoms with van der Waals surface area (Å²) in [5, 5.41) is 8.73. The number of hydrogen-bond donors (Lipinski definition) is 1. The van der Waals surface area contributed by atoms with E-state index in [1.807, 2.05) is 0 Å². The molecule has 0 heterocycles. The van der Waals surface area contributed by atoms with Gasteiger partial charge in [0.25, 0.3) is 0 Å². The van der Waals surface area contributed by atoms with Crippen LogP contribution in [-0.4, -0.2) is 11.7 Å². The number of hydrogen-bond acceptors (Lipinski definition) is 1. The normalized spacial score (nSPS) is 17.4. The zero-order chi connectivity index (χ0) is 15.7. The highest BCUT2D eigenvalue weighted by Gasteiger charge is 2.02. The molecule has 0 atom stereocenters. The SMILES string of the molecule is OCCCCCCCCCCC=C1CCCCCCCCC1. The van der Waals surface area contributed by atoms with Crippen LogP contribution in [-0.2, 0) is 0 Å². The van der Waals surface area contributed by atoms with Crippen LogP contribution in [0.3, 0.4) is 0 Å². The molecule has 22 heavy (non-hydrogen) atoms. The Morgan fingerprint density at radius 1 is 0.591 bits per heavy atom. The van der Waals surface area contributed by atoms with Gasteiger partial charge in [0, 0.05) is 6.61 Å². The summed E-state index contributed by atoms with van der Waals surface area (Å²) in [5.74, 6) is 0. The lowest BCUT2D eigenvalue weighted by atomic mass is 9.96. The van der Waals surface area contributed by atoms with Crippen LogP contribution >= 0.6 is 0 Å². The number of aliphatic hydroxyl groups is 1. The van der Waals surface area contributed by atoms with Gasteiger partial charge in [0.15, 0.2) is 0 Å². The summed E-state index contributed by atoms with van der Waals surface area (Å²) in [4.78, 5) is 0. The third kappa shape index (κ3) is 12.3. The maximum Gasteiger partial charge on any atom is 0.0431 e. The van der Waals surface area contributed by atoms with Crippen molar-refractivity contribution in [2.45, 2.75) is 116 Å². The molecule has 0 saturated heterocycles. The van der Waals surface area contributed by atoms with Crippen molar-refractivity contribution in [2.24, 2.45) is 0 Å². The molecule has 0 aromatic rings. The first-order chi connectivity index (χ1) is 10.9. The van der Waals surface area contributed by atoms with Gasteiger partial charge in [-0.3, -0.25) is 0 Å². The minimum absolute atomic E-state index is 0.370. The topological polar surface area (TPSA) is 20.2 Å². The van der Waals surface area contributed by atoms with Crippen molar-refractivity contribution >= 4 is 0 Å². The molecule has 0 spiro atoms. The Morgan fingerprint density at radius 2 is 1.05 bits per heavy atom. The molecule has 1 heteroatoms. The molecule has 1 fully saturated rings. The molecule has 0 aliphatic heterocycles. The molecular weight excluding hydrogens is 268 g/mol. The Kier molecular flexibility index (Phi) is 14.0. The predicted octanol–water partition coefficient (Wildman–Crippen LogP) is 6.94. The lowest BCUT2D eigenvalue weighted by molar-refractivity contribution is 0.282. The maximum atomic E-state index is 8.73. The third-order valence-corrected chi connectivity index (χ3v) is 5.04. The van der Waals surface area contributed by atoms with Gasteiger partial charge in [0.1, 0.15) is 0 Å². The van der Waals surface area contributed by atoms with E-state index in [-0.39, 0.29) is 0 Å². The summed E-state index contributed by atoms with van der Waals surface area (Å²) in [7, 11) is 0. The molecule has 1 rings (SSSR count). The minimum Gasteiger partial charge on any atom is -0.396 e. The fourth-order valence-corrected chi connectivity index (χ4v) is 3.54. The fourth-order valence-electron chi connectivity index (χ4n) is 3.54. The second-order valence-corrected chi connectivity index (χ2v) is 7.18. The van der Waals surface area contributed by atoms with E-state index in [0.717, 1.165) is 6.42 Å². The summed E-state index contributed by atoms with van der Waals surface area (Å²) < 4.78 is 0. The van der Waals surface area contributed by atoms with Gasteiger partial charge < -0.3 is 5.11 Å². The third-order valence-electron chi connectivity index (χ3n) is 5.04. The van der Waals surface area contributed by atoms with Gasteiger partial charge >= 0.3 is 0 Å². The van der Waals surface area contributed by atoms with E-state index < -0.39 is 0 Å². The summed E-state index contributed by atoms with van der Waals surface area (Å²) in [6.07, 6.45) is 27.3. The summed E-state index contributed by atoms with van der Waals surface area (Å²) >= 11 is 0. The Balaban J connectivity index is 1.98. The highest BCUT2D eigenvalue weighted by atomic mass is 16.2. The first-order valence-electron chi connectivity index (χ1n) is 10.2. The van der Waals surface area contributed by atoms with Gasteiger partial charge in [-0.05, 0) is 44.9 Å². The Morgan fingerprint density at radius 3 is 1.59 bits per heavy atom. The molecular formula is C21H40O. The smallest absolute Gasteiger partial charge is 0.0431 e. The second kappa shape index (κ2) is 15.6. The Hall–Kier alpha value is -0.300. The van der Waals surface area contributed by atoms with Crippen LogP contribution in [0.4, 0.5) is 0 Å². The quantitative estimate of drug-likeness (QED) is 0.342. The van der Waals surface area contributed by atoms with Gasteiger partial charge in [-0.2, -0.15) is 0 Å². The van der Waals surface area contributed by atoms with Crippen LogP contribution < -0.4 is 0 Å². The average Bonchev–Trinajstić information content (AvgIpc) is 2.55. The predicted molar refractivity (Wildman–Crippen MR) is 98.3 cm³/mol. The van der Waals surface area contributed by atoms with Crippen LogP contribution in [0.5, 0.6) is 0 Å². The summed E-state index contributed by atoms with van der Waals surface area (Å²) in [6.45, 7) is 0.370. The van der Waals surface area contributed by atoms with Crippen molar-refractivity contribution in [2.75, 3.05) is 6.61 Å². The molecule has 1 N–H and O–H groups in total. The van der Waals surface area contributed by atoms with Gasteiger partial charge in [0.05, 0.1) is 0 Å². The van der Waals surface area contributed by atoms with Crippen molar-refractivity contribution < 1.29 is 5.11 Å². The van der Waals surface area contributed by atoms with Crippen molar-refractivity contribution in [3.63, 3.8) is 0 Å². The molecule has 1 nitrogen and oxygen atoms in total. The van der Waals surface area contributed by atoms with E-state index in [1.54, 1.807) is 5.57 Å². The molecule has 0 amide bonds. The second-order valence-electron chi connectivity index (χ2n) is 7.18. The maximum absolute atomic E-state index is 8.73. The van der Waals surface area contributed by atoms with Gasteiger partial charge in [-0.1, -0.05) is 82.3 Å². The van der Waals surface area contributed by atoms with Crippen LogP contribution in [0.15, 0.2) is 11.6 Å². The molecule has 1 aliphatic rings. The standard InChI is InChI=1S/C21H40O/c22-20-16-12-8-3-1-2-5-9-13-17-21-18-14-10-6-4-7-11-15-19-21/h17,22H,1-16,18-20H2. The number of unbranched alkanes of at least 4 members (excludes halogenated alkanes) is 8. The van der Waals surface area contributed by atoms with Crippen molar-refractivity contribution in [1.29, 1.82) is 0 Å². The molecule has 1 aliphatic carbocycles. The monoisotopic (exact) mass is 308 g/mol. The summed E-state index contributed by atoms with van der Waals surface area (Å²) in [6, 6.07) is 0. The average molecular weight is 309 g/mol. The molecule has 130 valence electrons. The largest absolute Gasteiger partial charge is 0.396 e. The van der Waals surface area contributed by atoms with E-state index >= 15 is 0 Å². The molecule has 1 saturated carbocycles. The zero-order valence-electron chi connectivity index (χ0n) is 15.0. The van der Waals surface area contributed by atoms with Gasteiger partial charge in [-0.15, -0.1) is 0 Å². The first-order valence-corrected chi connectivity index (χ1v) is 10.2. The lowest BCUT2D eigenvalue weighted by Gasteiger charge is -2.11. The summed E-state index contributed by atoms with van der Waals surface area (Å²) in [5.41, 5.74) is 1.77. The van der Waals surface area contributed by atoms with Crippen molar-refractivity contribution in [3.05, 3.63) is 11.6 Å². The fraction of sp³-hybridized carbons (Fsp3) is 0.905. The molecule has 0 unspecified atom stereocenters. The number of aliphatic hydroxyl groups excluding tert-OH is 1. The van der Waals surface area contributed by atoms with Crippen LogP contribution in [0.2, 0.25) is 0 Å². The van der Waals surface area contributed by atoms with E-state index in [2.05, 4.69) is 6.08 Å². The van der Waals surface area contributed by atoms with E-state index in [1.165, 1.54) is 109 Å². The molecule has 0 aromatic heterocycles. The minimum atomic E-state index is 0.370. The van der Waals surface area contributed by atoms with Crippen LogP contribution in [0.25, 0.3) is 0 Å². The highest BCUT2D eigenvalue weighted by molar-refractivity contribution is 5.02. The van der Waals surface area contributed by atoms with Crippen LogP contribution in [0.1, 0.15) is 116 Å². The van der Waals surface area contributed by atoms with E-state index in [4.69, 9.17) is 5.11 Å². The van der Waals surface area contributed by atoms with Gasteiger partial charge in [0.2, 0.25) is 0 Å². The Labute approximate surface area is 139 Å². The molecule has 0 radical (unpaired) electrons. The van der Waals surface area contributed by atoms with Crippen LogP contribution in [0, 0.1) is 0 Å². The number of rotatable bonds is 10. The zero-order valence-corrected chi connectivity index (χ0v) is 15.0. The van der Waals surface area contributed by atoms with Crippen molar-refractivity contribution in [1.82, 2.24) is 0 Å². The number of allylic oxidation sites excluding steroid dienone is 2. The highest BCUT2D eigenvalue weighted by Crippen LogP contribution is 2.21. The molecule has 0 bridgehead atoms. The van der Waals surface area contributed by atoms with E-state index in [9.17, 15) is 0 Å². The first kappa shape index (κ1) is 19.7.